The predicted molar refractivity (Wildman–Crippen MR) is 79.9 cm³/mol. The molecule has 0 aromatic heterocycles. The molecule has 0 aliphatic carbocycles. The molecule has 0 saturated heterocycles. The van der Waals surface area contributed by atoms with Crippen LogP contribution in [-0.2, 0) is 10.3 Å². The lowest BCUT2D eigenvalue weighted by molar-refractivity contribution is -0.0809. The first kappa shape index (κ1) is 15.4. The Morgan fingerprint density at radius 1 is 1.37 bits per heavy atom. The smallest absolute Gasteiger partial charge is 0.143 e. The standard InChI is InChI=1S/C17H22O2/c1-5-11-14(6-2)17(19-4,16(18)7-3)15-12-9-8-10-13-15/h5-6,8-13,16,18H,1-2,7H2,3-4H3. The summed E-state index contributed by atoms with van der Waals surface area (Å²) < 4.78 is 5.74. The number of benzene rings is 1. The summed E-state index contributed by atoms with van der Waals surface area (Å²) in [6.07, 6.45) is 5.12. The highest BCUT2D eigenvalue weighted by Gasteiger charge is 2.41. The highest BCUT2D eigenvalue weighted by Crippen LogP contribution is 2.38. The zero-order valence-electron chi connectivity index (χ0n) is 11.7. The van der Waals surface area contributed by atoms with Gasteiger partial charge < -0.3 is 9.84 Å². The van der Waals surface area contributed by atoms with Crippen molar-refractivity contribution in [3.8, 4) is 0 Å². The normalized spacial score (nSPS) is 16.5. The number of allylic oxidation sites excluding steroid dienone is 2. The predicted octanol–water partition coefficient (Wildman–Crippen LogP) is 3.60. The Hall–Kier alpha value is -1.64. The first-order valence-electron chi connectivity index (χ1n) is 6.41. The van der Waals surface area contributed by atoms with Gasteiger partial charge in [0.15, 0.2) is 0 Å². The van der Waals surface area contributed by atoms with Crippen LogP contribution >= 0.6 is 0 Å². The van der Waals surface area contributed by atoms with Crippen molar-refractivity contribution in [2.45, 2.75) is 25.0 Å². The monoisotopic (exact) mass is 258 g/mol. The zero-order valence-corrected chi connectivity index (χ0v) is 11.7. The molecule has 0 bridgehead atoms. The summed E-state index contributed by atoms with van der Waals surface area (Å²) in [6, 6.07) is 9.69. The van der Waals surface area contributed by atoms with Gasteiger partial charge in [-0.1, -0.05) is 68.6 Å². The van der Waals surface area contributed by atoms with Gasteiger partial charge in [-0.15, -0.1) is 0 Å². The van der Waals surface area contributed by atoms with Crippen molar-refractivity contribution in [3.05, 3.63) is 72.9 Å². The lowest BCUT2D eigenvalue weighted by atomic mass is 9.79. The van der Waals surface area contributed by atoms with E-state index in [0.717, 1.165) is 11.1 Å². The van der Waals surface area contributed by atoms with Crippen LogP contribution in [0.2, 0.25) is 0 Å². The molecule has 0 heterocycles. The fourth-order valence-corrected chi connectivity index (χ4v) is 2.37. The van der Waals surface area contributed by atoms with Gasteiger partial charge in [-0.2, -0.15) is 0 Å². The molecule has 2 nitrogen and oxygen atoms in total. The van der Waals surface area contributed by atoms with Crippen molar-refractivity contribution in [1.82, 2.24) is 0 Å². The molecule has 0 amide bonds. The van der Waals surface area contributed by atoms with E-state index in [1.807, 2.05) is 43.3 Å². The third-order valence-electron chi connectivity index (χ3n) is 3.33. The molecular weight excluding hydrogens is 236 g/mol. The Labute approximate surface area is 115 Å². The van der Waals surface area contributed by atoms with E-state index < -0.39 is 11.7 Å². The Kier molecular flexibility index (Phi) is 5.74. The lowest BCUT2D eigenvalue weighted by Gasteiger charge is -2.38. The molecule has 19 heavy (non-hydrogen) atoms. The highest BCUT2D eigenvalue weighted by molar-refractivity contribution is 5.41. The van der Waals surface area contributed by atoms with E-state index >= 15 is 0 Å². The van der Waals surface area contributed by atoms with Crippen LogP contribution in [0.25, 0.3) is 0 Å². The van der Waals surface area contributed by atoms with E-state index in [1.54, 1.807) is 19.3 Å². The zero-order chi connectivity index (χ0) is 14.3. The van der Waals surface area contributed by atoms with Crippen molar-refractivity contribution in [3.63, 3.8) is 0 Å². The summed E-state index contributed by atoms with van der Waals surface area (Å²) in [6.45, 7) is 9.47. The van der Waals surface area contributed by atoms with Crippen LogP contribution in [0.5, 0.6) is 0 Å². The number of ether oxygens (including phenoxy) is 1. The Morgan fingerprint density at radius 3 is 2.42 bits per heavy atom. The number of rotatable bonds is 7. The molecule has 0 aliphatic heterocycles. The van der Waals surface area contributed by atoms with Crippen molar-refractivity contribution < 1.29 is 9.84 Å². The summed E-state index contributed by atoms with van der Waals surface area (Å²) in [5, 5.41) is 10.5. The van der Waals surface area contributed by atoms with Gasteiger partial charge in [0.1, 0.15) is 5.60 Å². The molecule has 102 valence electrons. The van der Waals surface area contributed by atoms with Gasteiger partial charge in [-0.3, -0.25) is 0 Å². The lowest BCUT2D eigenvalue weighted by Crippen LogP contribution is -2.42. The first-order chi connectivity index (χ1) is 9.17. The SMILES string of the molecule is C=CC=C(C=C)C(OC)(c1ccccc1)C(O)CC. The first-order valence-corrected chi connectivity index (χ1v) is 6.41. The number of aliphatic hydroxyl groups is 1. The third kappa shape index (κ3) is 2.86. The third-order valence-corrected chi connectivity index (χ3v) is 3.33. The maximum atomic E-state index is 10.5. The van der Waals surface area contributed by atoms with Gasteiger partial charge in [-0.05, 0) is 17.6 Å². The summed E-state index contributed by atoms with van der Waals surface area (Å²) in [4.78, 5) is 0. The van der Waals surface area contributed by atoms with Gasteiger partial charge in [0.05, 0.1) is 6.10 Å². The minimum Gasteiger partial charge on any atom is -0.389 e. The fraction of sp³-hybridized carbons (Fsp3) is 0.294. The maximum Gasteiger partial charge on any atom is 0.143 e. The number of aliphatic hydroxyl groups excluding tert-OH is 1. The van der Waals surface area contributed by atoms with Crippen molar-refractivity contribution >= 4 is 0 Å². The molecule has 2 unspecified atom stereocenters. The van der Waals surface area contributed by atoms with E-state index in [2.05, 4.69) is 13.2 Å². The van der Waals surface area contributed by atoms with Crippen LogP contribution in [-0.4, -0.2) is 18.3 Å². The molecule has 1 rings (SSSR count). The molecule has 0 fully saturated rings. The van der Waals surface area contributed by atoms with Crippen molar-refractivity contribution in [2.24, 2.45) is 0 Å². The molecule has 1 N–H and O–H groups in total. The second kappa shape index (κ2) is 7.07. The molecule has 0 radical (unpaired) electrons. The number of hydrogen-bond donors (Lipinski definition) is 1. The van der Waals surface area contributed by atoms with Crippen molar-refractivity contribution in [2.75, 3.05) is 7.11 Å². The summed E-state index contributed by atoms with van der Waals surface area (Å²) in [5.41, 5.74) is 0.789. The molecular formula is C17H22O2. The summed E-state index contributed by atoms with van der Waals surface area (Å²) >= 11 is 0. The van der Waals surface area contributed by atoms with Crippen LogP contribution in [0.15, 0.2) is 67.3 Å². The molecule has 2 heteroatoms. The maximum absolute atomic E-state index is 10.5. The average molecular weight is 258 g/mol. The molecule has 0 spiro atoms. The topological polar surface area (TPSA) is 29.5 Å². The largest absolute Gasteiger partial charge is 0.389 e. The molecule has 2 atom stereocenters. The Morgan fingerprint density at radius 2 is 2.00 bits per heavy atom. The second-order valence-corrected chi connectivity index (χ2v) is 4.29. The average Bonchev–Trinajstić information content (AvgIpc) is 2.48. The minimum absolute atomic E-state index is 0.574. The van der Waals surface area contributed by atoms with Gasteiger partial charge in [0, 0.05) is 7.11 Å². The quantitative estimate of drug-likeness (QED) is 0.757. The van der Waals surface area contributed by atoms with Gasteiger partial charge in [0.2, 0.25) is 0 Å². The Balaban J connectivity index is 3.51. The molecule has 1 aromatic carbocycles. The van der Waals surface area contributed by atoms with E-state index in [4.69, 9.17) is 4.74 Å². The van der Waals surface area contributed by atoms with Gasteiger partial charge in [-0.25, -0.2) is 0 Å². The minimum atomic E-state index is -0.911. The van der Waals surface area contributed by atoms with Crippen LogP contribution in [0.4, 0.5) is 0 Å². The van der Waals surface area contributed by atoms with Crippen LogP contribution in [0, 0.1) is 0 Å². The van der Waals surface area contributed by atoms with E-state index in [-0.39, 0.29) is 0 Å². The number of methoxy groups -OCH3 is 1. The Bertz CT molecular complexity index is 448. The van der Waals surface area contributed by atoms with Crippen molar-refractivity contribution in [1.29, 1.82) is 0 Å². The van der Waals surface area contributed by atoms with Crippen LogP contribution in [0.3, 0.4) is 0 Å². The molecule has 0 aliphatic rings. The highest BCUT2D eigenvalue weighted by atomic mass is 16.5. The second-order valence-electron chi connectivity index (χ2n) is 4.29. The summed E-state index contributed by atoms with van der Waals surface area (Å²) in [5.74, 6) is 0. The van der Waals surface area contributed by atoms with Crippen LogP contribution in [0.1, 0.15) is 18.9 Å². The van der Waals surface area contributed by atoms with E-state index in [0.29, 0.717) is 6.42 Å². The van der Waals surface area contributed by atoms with Crippen LogP contribution < -0.4 is 0 Å². The summed E-state index contributed by atoms with van der Waals surface area (Å²) in [7, 11) is 1.60. The van der Waals surface area contributed by atoms with Gasteiger partial charge in [0.25, 0.3) is 0 Å². The van der Waals surface area contributed by atoms with Gasteiger partial charge >= 0.3 is 0 Å². The van der Waals surface area contributed by atoms with E-state index in [1.165, 1.54) is 0 Å². The molecule has 0 saturated carbocycles. The van der Waals surface area contributed by atoms with E-state index in [9.17, 15) is 5.11 Å². The molecule has 1 aromatic rings. The fourth-order valence-electron chi connectivity index (χ4n) is 2.37. The number of hydrogen-bond acceptors (Lipinski definition) is 2.